The number of rotatable bonds is 4. The van der Waals surface area contributed by atoms with E-state index < -0.39 is 11.7 Å². The van der Waals surface area contributed by atoms with E-state index in [1.54, 1.807) is 54.6 Å². The lowest BCUT2D eigenvalue weighted by molar-refractivity contribution is -0.137. The molecule has 26 heavy (non-hydrogen) atoms. The lowest BCUT2D eigenvalue weighted by Gasteiger charge is -2.19. The van der Waals surface area contributed by atoms with Crippen molar-refractivity contribution in [2.24, 2.45) is 0 Å². The van der Waals surface area contributed by atoms with Crippen LogP contribution in [-0.2, 0) is 6.18 Å². The molecule has 3 rings (SSSR count). The number of ether oxygens (including phenoxy) is 2. The summed E-state index contributed by atoms with van der Waals surface area (Å²) in [6, 6.07) is 17.8. The molecule has 0 atom stereocenters. The molecule has 5 heteroatoms. The number of halogens is 3. The molecule has 0 N–H and O–H groups in total. The smallest absolute Gasteiger partial charge is 0.417 e. The summed E-state index contributed by atoms with van der Waals surface area (Å²) < 4.78 is 51.6. The number of methoxy groups -OCH3 is 2. The first-order chi connectivity index (χ1) is 12.5. The summed E-state index contributed by atoms with van der Waals surface area (Å²) in [7, 11) is 3.01. The van der Waals surface area contributed by atoms with Crippen molar-refractivity contribution in [3.63, 3.8) is 0 Å². The van der Waals surface area contributed by atoms with Gasteiger partial charge in [0.1, 0.15) is 11.5 Å². The Morgan fingerprint density at radius 3 is 1.96 bits per heavy atom. The molecule has 0 aromatic heterocycles. The molecule has 0 aliphatic heterocycles. The lowest BCUT2D eigenvalue weighted by Crippen LogP contribution is -2.08. The first-order valence-corrected chi connectivity index (χ1v) is 7.93. The molecule has 134 valence electrons. The fourth-order valence-corrected chi connectivity index (χ4v) is 2.95. The highest BCUT2D eigenvalue weighted by Gasteiger charge is 2.35. The second-order valence-electron chi connectivity index (χ2n) is 5.65. The fourth-order valence-electron chi connectivity index (χ4n) is 2.95. The van der Waals surface area contributed by atoms with E-state index in [1.165, 1.54) is 20.3 Å². The van der Waals surface area contributed by atoms with Crippen LogP contribution >= 0.6 is 0 Å². The molecule has 0 spiro atoms. The third-order valence-corrected chi connectivity index (χ3v) is 4.15. The van der Waals surface area contributed by atoms with Crippen molar-refractivity contribution in [1.29, 1.82) is 0 Å². The van der Waals surface area contributed by atoms with Crippen LogP contribution in [0.1, 0.15) is 5.56 Å². The van der Waals surface area contributed by atoms with Gasteiger partial charge in [-0.2, -0.15) is 13.2 Å². The zero-order valence-corrected chi connectivity index (χ0v) is 14.3. The highest BCUT2D eigenvalue weighted by atomic mass is 19.4. The monoisotopic (exact) mass is 358 g/mol. The predicted octanol–water partition coefficient (Wildman–Crippen LogP) is 6.06. The predicted molar refractivity (Wildman–Crippen MR) is 95.4 cm³/mol. The SMILES string of the molecule is COc1ccc(-c2c(-c3ccccc3OC)cccc2C(F)(F)F)cc1. The summed E-state index contributed by atoms with van der Waals surface area (Å²) in [6.07, 6.45) is -4.48. The first-order valence-electron chi connectivity index (χ1n) is 7.93. The molecule has 0 saturated carbocycles. The van der Waals surface area contributed by atoms with Crippen molar-refractivity contribution in [2.75, 3.05) is 14.2 Å². The quantitative estimate of drug-likeness (QED) is 0.565. The number of hydrogen-bond donors (Lipinski definition) is 0. The lowest BCUT2D eigenvalue weighted by atomic mass is 9.90. The summed E-state index contributed by atoms with van der Waals surface area (Å²) in [5.74, 6) is 1.10. The summed E-state index contributed by atoms with van der Waals surface area (Å²) in [4.78, 5) is 0. The summed E-state index contributed by atoms with van der Waals surface area (Å²) in [5.41, 5.74) is 0.951. The van der Waals surface area contributed by atoms with Gasteiger partial charge in [0.15, 0.2) is 0 Å². The van der Waals surface area contributed by atoms with Gasteiger partial charge in [-0.25, -0.2) is 0 Å². The molecular formula is C21H17F3O2. The van der Waals surface area contributed by atoms with E-state index in [9.17, 15) is 13.2 Å². The van der Waals surface area contributed by atoms with Crippen LogP contribution in [0.3, 0.4) is 0 Å². The average Bonchev–Trinajstić information content (AvgIpc) is 2.66. The number of hydrogen-bond acceptors (Lipinski definition) is 2. The normalized spacial score (nSPS) is 11.3. The van der Waals surface area contributed by atoms with E-state index in [0.29, 0.717) is 28.2 Å². The molecular weight excluding hydrogens is 341 g/mol. The van der Waals surface area contributed by atoms with Crippen LogP contribution in [0.5, 0.6) is 11.5 Å². The fraction of sp³-hybridized carbons (Fsp3) is 0.143. The van der Waals surface area contributed by atoms with Gasteiger partial charge in [-0.3, -0.25) is 0 Å². The molecule has 0 radical (unpaired) electrons. The maximum atomic E-state index is 13.7. The van der Waals surface area contributed by atoms with Gasteiger partial charge >= 0.3 is 6.18 Å². The van der Waals surface area contributed by atoms with Crippen LogP contribution in [0.15, 0.2) is 66.7 Å². The minimum atomic E-state index is -4.48. The molecule has 0 fully saturated rings. The van der Waals surface area contributed by atoms with Gasteiger partial charge in [0, 0.05) is 11.1 Å². The average molecular weight is 358 g/mol. The largest absolute Gasteiger partial charge is 0.497 e. The van der Waals surface area contributed by atoms with Gasteiger partial charge in [-0.15, -0.1) is 0 Å². The van der Waals surface area contributed by atoms with E-state index in [1.807, 2.05) is 0 Å². The second-order valence-corrected chi connectivity index (χ2v) is 5.65. The molecule has 0 heterocycles. The standard InChI is InChI=1S/C21H17F3O2/c1-25-15-12-10-14(11-13-15)20-17(7-5-8-18(20)21(22,23)24)16-6-3-4-9-19(16)26-2/h3-13H,1-2H3. The summed E-state index contributed by atoms with van der Waals surface area (Å²) in [5, 5.41) is 0. The Bertz CT molecular complexity index is 900. The minimum absolute atomic E-state index is 0.118. The van der Waals surface area contributed by atoms with Crippen LogP contribution in [-0.4, -0.2) is 14.2 Å². The summed E-state index contributed by atoms with van der Waals surface area (Å²) >= 11 is 0. The first kappa shape index (κ1) is 17.9. The van der Waals surface area contributed by atoms with Crippen molar-refractivity contribution in [2.45, 2.75) is 6.18 Å². The molecule has 0 aliphatic rings. The van der Waals surface area contributed by atoms with E-state index in [4.69, 9.17) is 9.47 Å². The van der Waals surface area contributed by atoms with E-state index in [2.05, 4.69) is 0 Å². The van der Waals surface area contributed by atoms with Crippen LogP contribution < -0.4 is 9.47 Å². The van der Waals surface area contributed by atoms with E-state index >= 15 is 0 Å². The van der Waals surface area contributed by atoms with E-state index in [0.717, 1.165) is 6.07 Å². The number of benzene rings is 3. The van der Waals surface area contributed by atoms with Crippen LogP contribution in [0, 0.1) is 0 Å². The third kappa shape index (κ3) is 3.38. The Morgan fingerprint density at radius 1 is 0.692 bits per heavy atom. The van der Waals surface area contributed by atoms with Gasteiger partial charge < -0.3 is 9.47 Å². The molecule has 0 amide bonds. The van der Waals surface area contributed by atoms with Gasteiger partial charge in [0.2, 0.25) is 0 Å². The van der Waals surface area contributed by atoms with Gasteiger partial charge in [-0.05, 0) is 35.4 Å². The molecule has 0 saturated heterocycles. The van der Waals surface area contributed by atoms with E-state index in [-0.39, 0.29) is 5.56 Å². The van der Waals surface area contributed by atoms with Gasteiger partial charge in [0.25, 0.3) is 0 Å². The topological polar surface area (TPSA) is 18.5 Å². The Balaban J connectivity index is 2.31. The minimum Gasteiger partial charge on any atom is -0.497 e. The molecule has 3 aromatic carbocycles. The Kier molecular flexibility index (Phi) is 4.89. The zero-order valence-electron chi connectivity index (χ0n) is 14.3. The Morgan fingerprint density at radius 2 is 1.35 bits per heavy atom. The Hall–Kier alpha value is -2.95. The van der Waals surface area contributed by atoms with Crippen LogP contribution in [0.25, 0.3) is 22.3 Å². The maximum absolute atomic E-state index is 13.7. The number of para-hydroxylation sites is 1. The number of alkyl halides is 3. The molecule has 0 unspecified atom stereocenters. The third-order valence-electron chi connectivity index (χ3n) is 4.15. The highest BCUT2D eigenvalue weighted by Crippen LogP contribution is 2.44. The van der Waals surface area contributed by atoms with Crippen molar-refractivity contribution in [1.82, 2.24) is 0 Å². The van der Waals surface area contributed by atoms with Gasteiger partial charge in [-0.1, -0.05) is 42.5 Å². The van der Waals surface area contributed by atoms with Crippen molar-refractivity contribution >= 4 is 0 Å². The Labute approximate surface area is 149 Å². The molecule has 3 aromatic rings. The maximum Gasteiger partial charge on any atom is 0.417 e. The molecule has 0 aliphatic carbocycles. The van der Waals surface area contributed by atoms with Crippen LogP contribution in [0.2, 0.25) is 0 Å². The van der Waals surface area contributed by atoms with Crippen molar-refractivity contribution in [3.05, 3.63) is 72.3 Å². The zero-order chi connectivity index (χ0) is 18.7. The second kappa shape index (κ2) is 7.12. The molecule has 0 bridgehead atoms. The van der Waals surface area contributed by atoms with Crippen molar-refractivity contribution < 1.29 is 22.6 Å². The van der Waals surface area contributed by atoms with Crippen LogP contribution in [0.4, 0.5) is 13.2 Å². The van der Waals surface area contributed by atoms with Gasteiger partial charge in [0.05, 0.1) is 19.8 Å². The summed E-state index contributed by atoms with van der Waals surface area (Å²) in [6.45, 7) is 0. The van der Waals surface area contributed by atoms with Crippen molar-refractivity contribution in [3.8, 4) is 33.8 Å². The molecule has 2 nitrogen and oxygen atoms in total. The highest BCUT2D eigenvalue weighted by molar-refractivity contribution is 5.88.